The molecule has 1 aromatic rings. The number of allylic oxidation sites excluding steroid dienone is 2. The van der Waals surface area contributed by atoms with E-state index in [1.54, 1.807) is 51.1 Å². The first-order chi connectivity index (χ1) is 10.3. The summed E-state index contributed by atoms with van der Waals surface area (Å²) in [5, 5.41) is 2.39. The fourth-order valence-corrected chi connectivity index (χ4v) is 2.23. The lowest BCUT2D eigenvalue weighted by Gasteiger charge is -2.43. The Labute approximate surface area is 129 Å². The van der Waals surface area contributed by atoms with Crippen molar-refractivity contribution in [3.63, 3.8) is 0 Å². The van der Waals surface area contributed by atoms with E-state index in [1.807, 2.05) is 0 Å². The summed E-state index contributed by atoms with van der Waals surface area (Å²) >= 11 is 0. The molecule has 1 aliphatic heterocycles. The number of likely N-dealkylation sites (tertiary alicyclic amines) is 1. The van der Waals surface area contributed by atoms with E-state index in [-0.39, 0.29) is 0 Å². The molecule has 1 fully saturated rings. The summed E-state index contributed by atoms with van der Waals surface area (Å²) in [6.45, 7) is 5.27. The molecule has 0 saturated carbocycles. The highest BCUT2D eigenvalue weighted by molar-refractivity contribution is 5.95. The van der Waals surface area contributed by atoms with Crippen molar-refractivity contribution in [1.82, 2.24) is 10.2 Å². The van der Waals surface area contributed by atoms with E-state index in [2.05, 4.69) is 5.32 Å². The molecule has 1 aliphatic rings. The summed E-state index contributed by atoms with van der Waals surface area (Å²) in [7, 11) is 0. The van der Waals surface area contributed by atoms with Crippen molar-refractivity contribution in [2.24, 2.45) is 5.73 Å². The number of hydrogen-bond acceptors (Lipinski definition) is 3. The summed E-state index contributed by atoms with van der Waals surface area (Å²) in [6.07, 6.45) is -1.56. The monoisotopic (exact) mass is 305 g/mol. The number of β-lactam (4-membered cyclic amide) rings is 1. The Hall–Kier alpha value is -2.21. The minimum absolute atomic E-state index is 0.459. The van der Waals surface area contributed by atoms with Crippen LogP contribution in [0.5, 0.6) is 0 Å². The van der Waals surface area contributed by atoms with Crippen molar-refractivity contribution in [3.8, 4) is 0 Å². The second-order valence-corrected chi connectivity index (χ2v) is 5.54. The minimum Gasteiger partial charge on any atom is -0.339 e. The van der Waals surface area contributed by atoms with Crippen LogP contribution in [0.15, 0.2) is 41.6 Å². The number of nitrogens with zero attached hydrogens (tertiary/aromatic N) is 1. The Kier molecular flexibility index (Phi) is 4.61. The summed E-state index contributed by atoms with van der Waals surface area (Å²) < 4.78 is 14.1. The lowest BCUT2D eigenvalue weighted by Crippen LogP contribution is -2.68. The second kappa shape index (κ2) is 6.27. The standard InChI is InChI=1S/C16H20FN3O2/c1-9(2)10(3)20-14(17)13(16(20)22)19-15(21)12(18)11-7-5-4-6-8-11/h4-8,12-14H,18H2,1-3H3,(H,19,21). The van der Waals surface area contributed by atoms with Gasteiger partial charge in [0.1, 0.15) is 6.04 Å². The van der Waals surface area contributed by atoms with Gasteiger partial charge in [-0.05, 0) is 26.3 Å². The Balaban J connectivity index is 2.02. The largest absolute Gasteiger partial charge is 0.339 e. The van der Waals surface area contributed by atoms with E-state index >= 15 is 0 Å². The molecular weight excluding hydrogens is 285 g/mol. The van der Waals surface area contributed by atoms with Crippen LogP contribution in [-0.4, -0.2) is 29.1 Å². The molecule has 1 saturated heterocycles. The lowest BCUT2D eigenvalue weighted by molar-refractivity contribution is -0.159. The van der Waals surface area contributed by atoms with E-state index in [0.29, 0.717) is 11.3 Å². The van der Waals surface area contributed by atoms with E-state index in [1.165, 1.54) is 0 Å². The first-order valence-corrected chi connectivity index (χ1v) is 7.06. The average Bonchev–Trinajstić information content (AvgIpc) is 2.52. The van der Waals surface area contributed by atoms with Gasteiger partial charge in [0, 0.05) is 5.70 Å². The van der Waals surface area contributed by atoms with Crippen molar-refractivity contribution < 1.29 is 14.0 Å². The van der Waals surface area contributed by atoms with Crippen molar-refractivity contribution in [1.29, 1.82) is 0 Å². The zero-order valence-electron chi connectivity index (χ0n) is 12.8. The van der Waals surface area contributed by atoms with Gasteiger partial charge >= 0.3 is 0 Å². The number of nitrogens with one attached hydrogen (secondary N) is 1. The number of alkyl halides is 1. The van der Waals surface area contributed by atoms with Crippen LogP contribution in [0.4, 0.5) is 4.39 Å². The molecule has 22 heavy (non-hydrogen) atoms. The smallest absolute Gasteiger partial charge is 0.256 e. The molecule has 5 nitrogen and oxygen atoms in total. The summed E-state index contributed by atoms with van der Waals surface area (Å²) in [6, 6.07) is 6.64. The van der Waals surface area contributed by atoms with Crippen LogP contribution in [0.1, 0.15) is 32.4 Å². The number of carbonyl (C=O) groups excluding carboxylic acids is 2. The minimum atomic E-state index is -1.56. The third-order valence-corrected chi connectivity index (χ3v) is 3.85. The van der Waals surface area contributed by atoms with Gasteiger partial charge in [-0.2, -0.15) is 0 Å². The van der Waals surface area contributed by atoms with Gasteiger partial charge in [0.05, 0.1) is 0 Å². The molecule has 2 rings (SSSR count). The van der Waals surface area contributed by atoms with E-state index < -0.39 is 30.2 Å². The topological polar surface area (TPSA) is 75.4 Å². The van der Waals surface area contributed by atoms with Gasteiger partial charge in [0.15, 0.2) is 6.04 Å². The zero-order valence-corrected chi connectivity index (χ0v) is 12.8. The van der Waals surface area contributed by atoms with Crippen LogP contribution in [-0.2, 0) is 9.59 Å². The number of rotatable bonds is 4. The molecule has 118 valence electrons. The van der Waals surface area contributed by atoms with Crippen LogP contribution < -0.4 is 11.1 Å². The van der Waals surface area contributed by atoms with Gasteiger partial charge in [0.25, 0.3) is 5.91 Å². The Morgan fingerprint density at radius 1 is 1.27 bits per heavy atom. The van der Waals surface area contributed by atoms with E-state index in [4.69, 9.17) is 5.73 Å². The number of amides is 2. The van der Waals surface area contributed by atoms with Gasteiger partial charge in [0.2, 0.25) is 12.2 Å². The van der Waals surface area contributed by atoms with Crippen LogP contribution in [0.3, 0.4) is 0 Å². The third-order valence-electron chi connectivity index (χ3n) is 3.85. The zero-order chi connectivity index (χ0) is 16.4. The molecule has 0 bridgehead atoms. The van der Waals surface area contributed by atoms with Crippen molar-refractivity contribution in [3.05, 3.63) is 47.2 Å². The van der Waals surface area contributed by atoms with Crippen molar-refractivity contribution in [2.75, 3.05) is 0 Å². The summed E-state index contributed by atoms with van der Waals surface area (Å²) in [5.74, 6) is -1.03. The van der Waals surface area contributed by atoms with Gasteiger partial charge in [-0.1, -0.05) is 35.9 Å². The molecule has 0 aromatic heterocycles. The first-order valence-electron chi connectivity index (χ1n) is 7.06. The van der Waals surface area contributed by atoms with Gasteiger partial charge in [-0.25, -0.2) is 4.39 Å². The maximum atomic E-state index is 14.1. The highest BCUT2D eigenvalue weighted by atomic mass is 19.1. The fraction of sp³-hybridized carbons (Fsp3) is 0.375. The molecular formula is C16H20FN3O2. The molecule has 3 unspecified atom stereocenters. The van der Waals surface area contributed by atoms with Gasteiger partial charge in [-0.15, -0.1) is 0 Å². The number of benzene rings is 1. The maximum absolute atomic E-state index is 14.1. The Bertz CT molecular complexity index is 611. The second-order valence-electron chi connectivity index (χ2n) is 5.54. The molecule has 6 heteroatoms. The number of halogens is 1. The highest BCUT2D eigenvalue weighted by Gasteiger charge is 2.50. The molecule has 0 spiro atoms. The maximum Gasteiger partial charge on any atom is 0.256 e. The average molecular weight is 305 g/mol. The molecule has 3 atom stereocenters. The summed E-state index contributed by atoms with van der Waals surface area (Å²) in [5.41, 5.74) is 7.86. The van der Waals surface area contributed by atoms with Gasteiger partial charge < -0.3 is 11.1 Å². The van der Waals surface area contributed by atoms with Crippen LogP contribution >= 0.6 is 0 Å². The van der Waals surface area contributed by atoms with Crippen LogP contribution in [0.2, 0.25) is 0 Å². The molecule has 1 heterocycles. The molecule has 3 N–H and O–H groups in total. The predicted octanol–water partition coefficient (Wildman–Crippen LogP) is 1.62. The summed E-state index contributed by atoms with van der Waals surface area (Å²) in [4.78, 5) is 25.1. The van der Waals surface area contributed by atoms with Crippen molar-refractivity contribution >= 4 is 11.8 Å². The number of nitrogens with two attached hydrogens (primary N) is 1. The first kappa shape index (κ1) is 16.2. The molecule has 0 radical (unpaired) electrons. The van der Waals surface area contributed by atoms with Gasteiger partial charge in [-0.3, -0.25) is 14.5 Å². The number of hydrogen-bond donors (Lipinski definition) is 2. The SMILES string of the molecule is CC(C)=C(C)N1C(=O)C(NC(=O)C(N)c2ccccc2)C1F. The Morgan fingerprint density at radius 2 is 1.86 bits per heavy atom. The molecule has 0 aliphatic carbocycles. The van der Waals surface area contributed by atoms with Crippen LogP contribution in [0, 0.1) is 0 Å². The molecule has 1 aromatic carbocycles. The van der Waals surface area contributed by atoms with E-state index in [0.717, 1.165) is 10.5 Å². The lowest BCUT2D eigenvalue weighted by atomic mass is 10.0. The quantitative estimate of drug-likeness (QED) is 0.655. The normalized spacial score (nSPS) is 21.9. The third kappa shape index (κ3) is 2.87. The van der Waals surface area contributed by atoms with Crippen molar-refractivity contribution in [2.45, 2.75) is 39.2 Å². The highest BCUT2D eigenvalue weighted by Crippen LogP contribution is 2.28. The number of carbonyl (C=O) groups is 2. The predicted molar refractivity (Wildman–Crippen MR) is 81.1 cm³/mol. The Morgan fingerprint density at radius 3 is 2.36 bits per heavy atom. The fourth-order valence-electron chi connectivity index (χ4n) is 2.23. The molecule has 2 amide bonds. The van der Waals surface area contributed by atoms with Crippen LogP contribution in [0.25, 0.3) is 0 Å². The van der Waals surface area contributed by atoms with E-state index in [9.17, 15) is 14.0 Å².